The van der Waals surface area contributed by atoms with E-state index in [0.717, 1.165) is 10.0 Å². The van der Waals surface area contributed by atoms with Crippen molar-refractivity contribution in [2.45, 2.75) is 6.54 Å². The molecule has 0 heterocycles. The molecule has 0 bridgehead atoms. The van der Waals surface area contributed by atoms with Gasteiger partial charge in [-0.1, -0.05) is 28.1 Å². The third-order valence-electron chi connectivity index (χ3n) is 3.37. The van der Waals surface area contributed by atoms with Crippen molar-refractivity contribution in [1.29, 1.82) is 0 Å². The summed E-state index contributed by atoms with van der Waals surface area (Å²) >= 11 is 3.40. The van der Waals surface area contributed by atoms with Crippen LogP contribution in [0.15, 0.2) is 53.0 Å². The largest absolute Gasteiger partial charge is 0.465 e. The fourth-order valence-corrected chi connectivity index (χ4v) is 2.47. The van der Waals surface area contributed by atoms with Gasteiger partial charge in [-0.05, 0) is 49.0 Å². The fraction of sp³-hybridized carbons (Fsp3) is 0.222. The SMILES string of the molecule is COC(=O)c1ccc(NC(=O)CN(C)Cc2ccc(Br)cc2)cc1. The van der Waals surface area contributed by atoms with Crippen molar-refractivity contribution in [2.75, 3.05) is 26.0 Å². The molecule has 5 nitrogen and oxygen atoms in total. The molecule has 24 heavy (non-hydrogen) atoms. The van der Waals surface area contributed by atoms with Crippen LogP contribution in [0.25, 0.3) is 0 Å². The van der Waals surface area contributed by atoms with Crippen LogP contribution in [0.5, 0.6) is 0 Å². The van der Waals surface area contributed by atoms with Gasteiger partial charge >= 0.3 is 5.97 Å². The van der Waals surface area contributed by atoms with Crippen molar-refractivity contribution in [3.63, 3.8) is 0 Å². The molecule has 0 aliphatic carbocycles. The van der Waals surface area contributed by atoms with E-state index in [9.17, 15) is 9.59 Å². The van der Waals surface area contributed by atoms with E-state index in [1.54, 1.807) is 24.3 Å². The van der Waals surface area contributed by atoms with E-state index < -0.39 is 5.97 Å². The van der Waals surface area contributed by atoms with Gasteiger partial charge < -0.3 is 10.1 Å². The number of likely N-dealkylation sites (N-methyl/N-ethyl adjacent to an activating group) is 1. The van der Waals surface area contributed by atoms with Crippen LogP contribution in [-0.2, 0) is 16.1 Å². The van der Waals surface area contributed by atoms with Gasteiger partial charge in [-0.2, -0.15) is 0 Å². The number of rotatable bonds is 6. The van der Waals surface area contributed by atoms with Crippen LogP contribution in [-0.4, -0.2) is 37.5 Å². The van der Waals surface area contributed by atoms with Gasteiger partial charge in [-0.15, -0.1) is 0 Å². The van der Waals surface area contributed by atoms with Gasteiger partial charge in [0.15, 0.2) is 0 Å². The smallest absolute Gasteiger partial charge is 0.337 e. The molecule has 0 saturated carbocycles. The Labute approximate surface area is 149 Å². The number of methoxy groups -OCH3 is 1. The van der Waals surface area contributed by atoms with Crippen LogP contribution >= 0.6 is 15.9 Å². The quantitative estimate of drug-likeness (QED) is 0.768. The van der Waals surface area contributed by atoms with Gasteiger partial charge in [-0.25, -0.2) is 4.79 Å². The Hall–Kier alpha value is -2.18. The van der Waals surface area contributed by atoms with Crippen LogP contribution in [0.2, 0.25) is 0 Å². The van der Waals surface area contributed by atoms with E-state index in [1.165, 1.54) is 7.11 Å². The number of anilines is 1. The number of amides is 1. The Morgan fingerprint density at radius 1 is 1.08 bits per heavy atom. The Kier molecular flexibility index (Phi) is 6.52. The highest BCUT2D eigenvalue weighted by atomic mass is 79.9. The first kappa shape index (κ1) is 18.2. The molecular weight excluding hydrogens is 372 g/mol. The van der Waals surface area contributed by atoms with Gasteiger partial charge in [0, 0.05) is 16.7 Å². The second-order valence-corrected chi connectivity index (χ2v) is 6.33. The van der Waals surface area contributed by atoms with Crippen molar-refractivity contribution in [3.05, 3.63) is 64.1 Å². The predicted octanol–water partition coefficient (Wildman–Crippen LogP) is 3.31. The highest BCUT2D eigenvalue weighted by Crippen LogP contribution is 2.13. The van der Waals surface area contributed by atoms with Crippen molar-refractivity contribution >= 4 is 33.5 Å². The zero-order valence-electron chi connectivity index (χ0n) is 13.6. The lowest BCUT2D eigenvalue weighted by molar-refractivity contribution is -0.117. The van der Waals surface area contributed by atoms with Crippen LogP contribution in [0.3, 0.4) is 0 Å². The summed E-state index contributed by atoms with van der Waals surface area (Å²) in [5, 5.41) is 2.81. The molecule has 2 aromatic rings. The summed E-state index contributed by atoms with van der Waals surface area (Å²) in [5.74, 6) is -0.512. The zero-order chi connectivity index (χ0) is 17.5. The molecule has 2 aromatic carbocycles. The molecular formula is C18H19BrN2O3. The molecule has 0 spiro atoms. The number of nitrogens with zero attached hydrogens (tertiary/aromatic N) is 1. The molecule has 6 heteroatoms. The normalized spacial score (nSPS) is 10.5. The Bertz CT molecular complexity index is 699. The molecule has 0 unspecified atom stereocenters. The fourth-order valence-electron chi connectivity index (χ4n) is 2.21. The molecule has 0 aliphatic rings. The maximum atomic E-state index is 12.1. The first-order valence-electron chi connectivity index (χ1n) is 7.39. The number of hydrogen-bond acceptors (Lipinski definition) is 4. The minimum absolute atomic E-state index is 0.111. The molecule has 0 aliphatic heterocycles. The summed E-state index contributed by atoms with van der Waals surface area (Å²) in [6, 6.07) is 14.6. The van der Waals surface area contributed by atoms with Crippen LogP contribution in [0.1, 0.15) is 15.9 Å². The van der Waals surface area contributed by atoms with E-state index in [4.69, 9.17) is 0 Å². The van der Waals surface area contributed by atoms with E-state index >= 15 is 0 Å². The summed E-state index contributed by atoms with van der Waals surface area (Å²) < 4.78 is 5.67. The van der Waals surface area contributed by atoms with E-state index in [0.29, 0.717) is 17.8 Å². The standard InChI is InChI=1S/C18H19BrN2O3/c1-21(11-13-3-7-15(19)8-4-13)12-17(22)20-16-9-5-14(6-10-16)18(23)24-2/h3-10H,11-12H2,1-2H3,(H,20,22). The average Bonchev–Trinajstić information content (AvgIpc) is 2.56. The highest BCUT2D eigenvalue weighted by molar-refractivity contribution is 9.10. The lowest BCUT2D eigenvalue weighted by Gasteiger charge is -2.16. The molecule has 0 atom stereocenters. The number of nitrogens with one attached hydrogen (secondary N) is 1. The first-order valence-corrected chi connectivity index (χ1v) is 8.18. The maximum Gasteiger partial charge on any atom is 0.337 e. The summed E-state index contributed by atoms with van der Waals surface area (Å²) in [6.45, 7) is 0.955. The minimum Gasteiger partial charge on any atom is -0.465 e. The maximum absolute atomic E-state index is 12.1. The first-order chi connectivity index (χ1) is 11.5. The van der Waals surface area contributed by atoms with Crippen LogP contribution in [0.4, 0.5) is 5.69 Å². The summed E-state index contributed by atoms with van der Waals surface area (Å²) in [6.07, 6.45) is 0. The van der Waals surface area contributed by atoms with Crippen molar-refractivity contribution < 1.29 is 14.3 Å². The number of ether oxygens (including phenoxy) is 1. The second-order valence-electron chi connectivity index (χ2n) is 5.42. The molecule has 2 rings (SSSR count). The molecule has 0 fully saturated rings. The number of halogens is 1. The minimum atomic E-state index is -0.401. The van der Waals surface area contributed by atoms with E-state index in [1.807, 2.05) is 36.2 Å². The third-order valence-corrected chi connectivity index (χ3v) is 3.90. The molecule has 126 valence electrons. The second kappa shape index (κ2) is 8.61. The number of hydrogen-bond donors (Lipinski definition) is 1. The number of esters is 1. The number of benzene rings is 2. The number of carbonyl (C=O) groups excluding carboxylic acids is 2. The lowest BCUT2D eigenvalue weighted by atomic mass is 10.2. The van der Waals surface area contributed by atoms with Crippen LogP contribution < -0.4 is 5.32 Å². The van der Waals surface area contributed by atoms with Gasteiger partial charge in [0.1, 0.15) is 0 Å². The van der Waals surface area contributed by atoms with Crippen LogP contribution in [0, 0.1) is 0 Å². The zero-order valence-corrected chi connectivity index (χ0v) is 15.2. The van der Waals surface area contributed by atoms with Crippen molar-refractivity contribution in [1.82, 2.24) is 4.90 Å². The summed E-state index contributed by atoms with van der Waals surface area (Å²) in [7, 11) is 3.22. The van der Waals surface area contributed by atoms with Gasteiger partial charge in [0.05, 0.1) is 19.2 Å². The molecule has 1 N–H and O–H groups in total. The predicted molar refractivity (Wildman–Crippen MR) is 96.9 cm³/mol. The van der Waals surface area contributed by atoms with E-state index in [-0.39, 0.29) is 12.5 Å². The van der Waals surface area contributed by atoms with Gasteiger partial charge in [0.25, 0.3) is 0 Å². The number of carbonyl (C=O) groups is 2. The molecule has 0 aromatic heterocycles. The third kappa shape index (κ3) is 5.47. The highest BCUT2D eigenvalue weighted by Gasteiger charge is 2.09. The van der Waals surface area contributed by atoms with Crippen molar-refractivity contribution in [3.8, 4) is 0 Å². The van der Waals surface area contributed by atoms with Crippen molar-refractivity contribution in [2.24, 2.45) is 0 Å². The van der Waals surface area contributed by atoms with E-state index in [2.05, 4.69) is 26.0 Å². The summed E-state index contributed by atoms with van der Waals surface area (Å²) in [4.78, 5) is 25.4. The Morgan fingerprint density at radius 2 is 1.71 bits per heavy atom. The van der Waals surface area contributed by atoms with Gasteiger partial charge in [0.2, 0.25) is 5.91 Å². The van der Waals surface area contributed by atoms with Gasteiger partial charge in [-0.3, -0.25) is 9.69 Å². The molecule has 1 amide bonds. The topological polar surface area (TPSA) is 58.6 Å². The molecule has 0 saturated heterocycles. The average molecular weight is 391 g/mol. The Balaban J connectivity index is 1.85. The Morgan fingerprint density at radius 3 is 2.29 bits per heavy atom. The molecule has 0 radical (unpaired) electrons. The monoisotopic (exact) mass is 390 g/mol. The summed E-state index contributed by atoms with van der Waals surface area (Å²) in [5.41, 5.74) is 2.23. The lowest BCUT2D eigenvalue weighted by Crippen LogP contribution is -2.29.